The van der Waals surface area contributed by atoms with Crippen LogP contribution in [-0.4, -0.2) is 29.8 Å². The zero-order chi connectivity index (χ0) is 21.2. The van der Waals surface area contributed by atoms with Crippen molar-refractivity contribution in [2.24, 2.45) is 0 Å². The summed E-state index contributed by atoms with van der Waals surface area (Å²) < 4.78 is 55.6. The van der Waals surface area contributed by atoms with Gasteiger partial charge in [0.15, 0.2) is 5.76 Å². The van der Waals surface area contributed by atoms with E-state index in [1.165, 1.54) is 18.3 Å². The predicted octanol–water partition coefficient (Wildman–Crippen LogP) is 3.88. The maximum Gasteiger partial charge on any atom is 0.408 e. The van der Waals surface area contributed by atoms with Gasteiger partial charge in [0.25, 0.3) is 17.6 Å². The van der Waals surface area contributed by atoms with Gasteiger partial charge in [-0.05, 0) is 32.0 Å². The number of hydrogen-bond acceptors (Lipinski definition) is 4. The van der Waals surface area contributed by atoms with Crippen LogP contribution in [0.1, 0.15) is 33.6 Å². The molecule has 0 fully saturated rings. The molecule has 28 heavy (non-hydrogen) atoms. The van der Waals surface area contributed by atoms with Crippen LogP contribution in [0, 0.1) is 12.7 Å². The summed E-state index contributed by atoms with van der Waals surface area (Å²) in [6, 6.07) is 2.11. The summed E-state index contributed by atoms with van der Waals surface area (Å²) in [6.07, 6.45) is -4.73. The van der Waals surface area contributed by atoms with E-state index < -0.39 is 41.4 Å². The molecular formula is C17H13ClF4N2O4. The summed E-state index contributed by atoms with van der Waals surface area (Å²) in [7, 11) is 0. The molecule has 1 atom stereocenters. The van der Waals surface area contributed by atoms with Crippen molar-refractivity contribution in [3.05, 3.63) is 52.2 Å². The number of Topliss-reactive ketones (excluding diaryl/α,β-unsaturated/α-hetero) is 1. The lowest BCUT2D eigenvalue weighted by atomic mass is 10.2. The van der Waals surface area contributed by atoms with Crippen LogP contribution in [0.4, 0.5) is 23.2 Å². The van der Waals surface area contributed by atoms with Crippen LogP contribution in [0.25, 0.3) is 0 Å². The third kappa shape index (κ3) is 4.89. The van der Waals surface area contributed by atoms with Crippen LogP contribution in [0.5, 0.6) is 0 Å². The molecule has 0 bridgehead atoms. The van der Waals surface area contributed by atoms with Gasteiger partial charge in [-0.15, -0.1) is 0 Å². The van der Waals surface area contributed by atoms with Gasteiger partial charge >= 0.3 is 6.18 Å². The molecule has 2 amide bonds. The van der Waals surface area contributed by atoms with E-state index in [1.54, 1.807) is 0 Å². The van der Waals surface area contributed by atoms with E-state index in [-0.39, 0.29) is 22.0 Å². The average molecular weight is 421 g/mol. The normalized spacial score (nSPS) is 12.4. The Morgan fingerprint density at radius 2 is 1.82 bits per heavy atom. The fraction of sp³-hybridized carbons (Fsp3) is 0.235. The minimum Gasteiger partial charge on any atom is -0.457 e. The lowest BCUT2D eigenvalue weighted by Crippen LogP contribution is -2.45. The van der Waals surface area contributed by atoms with Crippen LogP contribution >= 0.6 is 11.6 Å². The molecule has 0 aliphatic carbocycles. The highest BCUT2D eigenvalue weighted by Crippen LogP contribution is 2.22. The van der Waals surface area contributed by atoms with E-state index in [0.29, 0.717) is 6.92 Å². The van der Waals surface area contributed by atoms with Gasteiger partial charge in [0.05, 0.1) is 10.6 Å². The largest absolute Gasteiger partial charge is 0.457 e. The van der Waals surface area contributed by atoms with Gasteiger partial charge in [0.2, 0.25) is 0 Å². The van der Waals surface area contributed by atoms with Crippen molar-refractivity contribution in [2.75, 3.05) is 5.32 Å². The van der Waals surface area contributed by atoms with Crippen molar-refractivity contribution in [1.29, 1.82) is 0 Å². The second kappa shape index (κ2) is 8.01. The maximum absolute atomic E-state index is 13.1. The van der Waals surface area contributed by atoms with Crippen LogP contribution in [0.3, 0.4) is 0 Å². The van der Waals surface area contributed by atoms with Gasteiger partial charge in [0.1, 0.15) is 17.6 Å². The van der Waals surface area contributed by atoms with E-state index in [2.05, 4.69) is 5.32 Å². The summed E-state index contributed by atoms with van der Waals surface area (Å²) in [4.78, 5) is 35.9. The van der Waals surface area contributed by atoms with E-state index in [9.17, 15) is 31.9 Å². The Morgan fingerprint density at radius 3 is 2.39 bits per heavy atom. The van der Waals surface area contributed by atoms with Crippen LogP contribution in [-0.2, 0) is 4.79 Å². The molecule has 1 heterocycles. The topological polar surface area (TPSA) is 88.4 Å². The first-order valence-corrected chi connectivity index (χ1v) is 8.06. The number of aryl methyl sites for hydroxylation is 1. The van der Waals surface area contributed by atoms with Crippen molar-refractivity contribution in [1.82, 2.24) is 5.32 Å². The van der Waals surface area contributed by atoms with Crippen molar-refractivity contribution < 1.29 is 36.4 Å². The molecule has 2 rings (SSSR count). The third-order valence-corrected chi connectivity index (χ3v) is 3.90. The summed E-state index contributed by atoms with van der Waals surface area (Å²) in [5, 5.41) is 3.66. The van der Waals surface area contributed by atoms with Gasteiger partial charge in [0, 0.05) is 11.8 Å². The fourth-order valence-corrected chi connectivity index (χ4v) is 2.23. The second-order valence-electron chi connectivity index (χ2n) is 5.73. The highest BCUT2D eigenvalue weighted by atomic mass is 35.5. The molecule has 2 N–H and O–H groups in total. The summed E-state index contributed by atoms with van der Waals surface area (Å²) >= 11 is 5.61. The Morgan fingerprint density at radius 1 is 1.18 bits per heavy atom. The summed E-state index contributed by atoms with van der Waals surface area (Å²) in [5.74, 6) is -5.01. The smallest absolute Gasteiger partial charge is 0.408 e. The monoisotopic (exact) mass is 420 g/mol. The number of ketones is 1. The molecule has 150 valence electrons. The number of benzene rings is 1. The number of nitrogens with one attached hydrogen (secondary N) is 2. The van der Waals surface area contributed by atoms with Crippen molar-refractivity contribution in [3.63, 3.8) is 0 Å². The molecular weight excluding hydrogens is 408 g/mol. The zero-order valence-corrected chi connectivity index (χ0v) is 15.2. The molecule has 2 aromatic rings. The molecule has 1 aromatic carbocycles. The number of amides is 2. The molecule has 0 unspecified atom stereocenters. The van der Waals surface area contributed by atoms with E-state index in [4.69, 9.17) is 16.0 Å². The number of hydrogen-bond donors (Lipinski definition) is 2. The quantitative estimate of drug-likeness (QED) is 0.436. The molecule has 0 spiro atoms. The van der Waals surface area contributed by atoms with Gasteiger partial charge in [-0.1, -0.05) is 11.6 Å². The lowest BCUT2D eigenvalue weighted by molar-refractivity contribution is -0.156. The first-order chi connectivity index (χ1) is 12.9. The van der Waals surface area contributed by atoms with E-state index in [1.807, 2.05) is 0 Å². The van der Waals surface area contributed by atoms with Gasteiger partial charge in [-0.25, -0.2) is 4.39 Å². The highest BCUT2D eigenvalue weighted by Gasteiger charge is 2.38. The molecule has 1 aromatic heterocycles. The minimum absolute atomic E-state index is 0.0503. The highest BCUT2D eigenvalue weighted by molar-refractivity contribution is 6.42. The fourth-order valence-electron chi connectivity index (χ4n) is 2.05. The van der Waals surface area contributed by atoms with Crippen LogP contribution < -0.4 is 10.6 Å². The van der Waals surface area contributed by atoms with Crippen molar-refractivity contribution in [3.8, 4) is 0 Å². The van der Waals surface area contributed by atoms with E-state index in [0.717, 1.165) is 18.2 Å². The van der Waals surface area contributed by atoms with Crippen molar-refractivity contribution >= 4 is 34.9 Å². The summed E-state index contributed by atoms with van der Waals surface area (Å²) in [6.45, 7) is 1.99. The Kier molecular flexibility index (Phi) is 6.13. The number of furan rings is 1. The second-order valence-corrected chi connectivity index (χ2v) is 6.14. The van der Waals surface area contributed by atoms with Gasteiger partial charge < -0.3 is 15.1 Å². The van der Waals surface area contributed by atoms with Gasteiger partial charge in [-0.2, -0.15) is 13.2 Å². The Labute approximate surface area is 160 Å². The number of rotatable bonds is 5. The average Bonchev–Trinajstić information content (AvgIpc) is 2.98. The molecule has 0 aliphatic heterocycles. The summed E-state index contributed by atoms with van der Waals surface area (Å²) in [5.41, 5.74) is 0.0158. The number of carbonyl (C=O) groups excluding carboxylic acids is 3. The molecule has 0 aliphatic rings. The molecule has 11 heteroatoms. The van der Waals surface area contributed by atoms with Crippen LogP contribution in [0.2, 0.25) is 5.02 Å². The molecule has 6 nitrogen and oxygen atoms in total. The number of anilines is 1. The maximum atomic E-state index is 13.1. The SMILES string of the molecule is Cc1oc(C(=O)C(=O)N[C@H](C)C(F)(F)F)cc1C(=O)Nc1ccc(F)c(Cl)c1. The first kappa shape index (κ1) is 21.4. The van der Waals surface area contributed by atoms with Crippen molar-refractivity contribution in [2.45, 2.75) is 26.1 Å². The predicted molar refractivity (Wildman–Crippen MR) is 90.8 cm³/mol. The van der Waals surface area contributed by atoms with Gasteiger partial charge in [-0.3, -0.25) is 14.4 Å². The zero-order valence-electron chi connectivity index (χ0n) is 14.4. The molecule has 0 saturated carbocycles. The Bertz CT molecular complexity index is 940. The number of halogens is 5. The molecule has 0 radical (unpaired) electrons. The Balaban J connectivity index is 2.15. The lowest BCUT2D eigenvalue weighted by Gasteiger charge is -2.16. The first-order valence-electron chi connectivity index (χ1n) is 7.69. The Hall–Kier alpha value is -2.88. The van der Waals surface area contributed by atoms with E-state index >= 15 is 0 Å². The standard InChI is InChI=1S/C17H13ClF4N2O4/c1-7-10(15(26)24-9-3-4-12(19)11(18)5-9)6-13(28-7)14(25)16(27)23-8(2)17(20,21)22/h3-6,8H,1-2H3,(H,23,27)(H,24,26)/t8-/m1/s1. The minimum atomic E-state index is -4.73. The third-order valence-electron chi connectivity index (χ3n) is 3.61. The number of alkyl halides is 3. The molecule has 0 saturated heterocycles. The van der Waals surface area contributed by atoms with Crippen LogP contribution in [0.15, 0.2) is 28.7 Å². The number of carbonyl (C=O) groups is 3.